The van der Waals surface area contributed by atoms with Crippen LogP contribution in [-0.2, 0) is 17.1 Å². The molecule has 0 saturated heterocycles. The van der Waals surface area contributed by atoms with Crippen LogP contribution < -0.4 is 10.0 Å². The Morgan fingerprint density at radius 2 is 1.72 bits per heavy atom. The average molecular weight is 356 g/mol. The van der Waals surface area contributed by atoms with Gasteiger partial charge in [0.05, 0.1) is 17.4 Å². The molecule has 3 rings (SSSR count). The minimum absolute atomic E-state index is 0.0215. The summed E-state index contributed by atoms with van der Waals surface area (Å²) in [6.07, 6.45) is 2.63. The van der Waals surface area contributed by atoms with Crippen molar-refractivity contribution in [3.63, 3.8) is 0 Å². The molecule has 7 nitrogen and oxygen atoms in total. The van der Waals surface area contributed by atoms with Crippen LogP contribution in [0.4, 0.5) is 11.4 Å². The van der Waals surface area contributed by atoms with Gasteiger partial charge in [-0.1, -0.05) is 30.3 Å². The highest BCUT2D eigenvalue weighted by Gasteiger charge is 2.20. The summed E-state index contributed by atoms with van der Waals surface area (Å²) in [5, 5.41) is 6.59. The van der Waals surface area contributed by atoms with Gasteiger partial charge in [0, 0.05) is 18.9 Å². The molecule has 2 N–H and O–H groups in total. The number of benzene rings is 2. The first-order valence-electron chi connectivity index (χ1n) is 7.42. The Morgan fingerprint density at radius 3 is 2.40 bits per heavy atom. The van der Waals surface area contributed by atoms with E-state index in [2.05, 4.69) is 15.1 Å². The number of hydrogen-bond acceptors (Lipinski definition) is 4. The number of aryl methyl sites for hydroxylation is 1. The normalized spacial score (nSPS) is 11.1. The molecule has 3 aromatic rings. The van der Waals surface area contributed by atoms with Crippen molar-refractivity contribution in [2.75, 3.05) is 10.0 Å². The Bertz CT molecular complexity index is 997. The van der Waals surface area contributed by atoms with Crippen molar-refractivity contribution in [3.05, 3.63) is 72.6 Å². The number of carbonyl (C=O) groups is 1. The summed E-state index contributed by atoms with van der Waals surface area (Å²) in [6, 6.07) is 15.3. The zero-order valence-electron chi connectivity index (χ0n) is 13.4. The number of amides is 1. The van der Waals surface area contributed by atoms with Crippen molar-refractivity contribution in [1.82, 2.24) is 9.78 Å². The Labute approximate surface area is 145 Å². The lowest BCUT2D eigenvalue weighted by Crippen LogP contribution is -2.18. The molecule has 0 unspecified atom stereocenters. The molecule has 1 heterocycles. The van der Waals surface area contributed by atoms with E-state index < -0.39 is 15.9 Å². The van der Waals surface area contributed by atoms with Crippen LogP contribution in [0.25, 0.3) is 0 Å². The maximum absolute atomic E-state index is 12.5. The molecule has 25 heavy (non-hydrogen) atoms. The van der Waals surface area contributed by atoms with Gasteiger partial charge in [0.1, 0.15) is 4.90 Å². The highest BCUT2D eigenvalue weighted by molar-refractivity contribution is 7.92. The molecule has 0 aliphatic carbocycles. The molecule has 2 aromatic carbocycles. The van der Waals surface area contributed by atoms with Gasteiger partial charge in [0.25, 0.3) is 15.9 Å². The topological polar surface area (TPSA) is 93.1 Å². The molecular formula is C17H16N4O3S. The van der Waals surface area contributed by atoms with Crippen molar-refractivity contribution in [3.8, 4) is 0 Å². The minimum atomic E-state index is -3.83. The van der Waals surface area contributed by atoms with Crippen molar-refractivity contribution in [1.29, 1.82) is 0 Å². The first kappa shape index (κ1) is 16.7. The molecule has 0 radical (unpaired) electrons. The van der Waals surface area contributed by atoms with Crippen molar-refractivity contribution in [2.24, 2.45) is 7.05 Å². The second kappa shape index (κ2) is 6.78. The summed E-state index contributed by atoms with van der Waals surface area (Å²) < 4.78 is 28.7. The fraction of sp³-hybridized carbons (Fsp3) is 0.0588. The first-order chi connectivity index (χ1) is 12.0. The number of hydrogen-bond donors (Lipinski definition) is 2. The maximum atomic E-state index is 12.5. The van der Waals surface area contributed by atoms with E-state index in [4.69, 9.17) is 0 Å². The van der Waals surface area contributed by atoms with Crippen LogP contribution in [0.2, 0.25) is 0 Å². The predicted octanol–water partition coefficient (Wildman–Crippen LogP) is 2.47. The monoisotopic (exact) mass is 356 g/mol. The lowest BCUT2D eigenvalue weighted by atomic mass is 10.1. The Hall–Kier alpha value is -3.13. The van der Waals surface area contributed by atoms with Crippen LogP contribution >= 0.6 is 0 Å². The van der Waals surface area contributed by atoms with Crippen LogP contribution in [0.3, 0.4) is 0 Å². The zero-order chi connectivity index (χ0) is 17.9. The van der Waals surface area contributed by atoms with E-state index in [0.29, 0.717) is 5.69 Å². The lowest BCUT2D eigenvalue weighted by molar-refractivity contribution is 0.102. The van der Waals surface area contributed by atoms with Gasteiger partial charge in [-0.3, -0.25) is 14.2 Å². The molecular weight excluding hydrogens is 340 g/mol. The number of aromatic nitrogens is 2. The standard InChI is InChI=1S/C17H16N4O3S/c1-21-12-14(11-18-21)25(23,24)20-16-10-6-5-9-15(16)17(22)19-13-7-3-2-4-8-13/h2-12,20H,1H3,(H,19,22). The summed E-state index contributed by atoms with van der Waals surface area (Å²) in [4.78, 5) is 12.5. The smallest absolute Gasteiger partial charge is 0.265 e. The number of nitrogens with zero attached hydrogens (tertiary/aromatic N) is 2. The number of carbonyl (C=O) groups excluding carboxylic acids is 1. The van der Waals surface area contributed by atoms with Crippen LogP contribution in [0, 0.1) is 0 Å². The fourth-order valence-corrected chi connectivity index (χ4v) is 3.29. The Kier molecular flexibility index (Phi) is 4.53. The second-order valence-electron chi connectivity index (χ2n) is 5.32. The summed E-state index contributed by atoms with van der Waals surface area (Å²) in [5.41, 5.74) is 1.04. The van der Waals surface area contributed by atoms with Gasteiger partial charge < -0.3 is 5.32 Å². The molecule has 128 valence electrons. The molecule has 0 spiro atoms. The zero-order valence-corrected chi connectivity index (χ0v) is 14.2. The van der Waals surface area contributed by atoms with E-state index in [9.17, 15) is 13.2 Å². The highest BCUT2D eigenvalue weighted by atomic mass is 32.2. The van der Waals surface area contributed by atoms with Gasteiger partial charge >= 0.3 is 0 Å². The summed E-state index contributed by atoms with van der Waals surface area (Å²) in [7, 11) is -2.21. The molecule has 0 bridgehead atoms. The third-order valence-electron chi connectivity index (χ3n) is 3.44. The van der Waals surface area contributed by atoms with Crippen molar-refractivity contribution < 1.29 is 13.2 Å². The number of nitrogens with one attached hydrogen (secondary N) is 2. The third kappa shape index (κ3) is 3.86. The van der Waals surface area contributed by atoms with E-state index >= 15 is 0 Å². The van der Waals surface area contributed by atoms with E-state index in [1.54, 1.807) is 49.5 Å². The van der Waals surface area contributed by atoms with Crippen molar-refractivity contribution >= 4 is 27.3 Å². The van der Waals surface area contributed by atoms with E-state index in [-0.39, 0.29) is 16.1 Å². The Morgan fingerprint density at radius 1 is 1.04 bits per heavy atom. The molecule has 1 amide bonds. The van der Waals surface area contributed by atoms with Crippen LogP contribution in [-0.4, -0.2) is 24.1 Å². The van der Waals surface area contributed by atoms with E-state index in [1.165, 1.54) is 23.1 Å². The predicted molar refractivity (Wildman–Crippen MR) is 94.9 cm³/mol. The minimum Gasteiger partial charge on any atom is -0.322 e. The molecule has 0 saturated carbocycles. The molecule has 0 fully saturated rings. The largest absolute Gasteiger partial charge is 0.322 e. The van der Waals surface area contributed by atoms with Gasteiger partial charge in [0.2, 0.25) is 0 Å². The van der Waals surface area contributed by atoms with Crippen LogP contribution in [0.15, 0.2) is 71.9 Å². The quantitative estimate of drug-likeness (QED) is 0.734. The molecule has 1 aromatic heterocycles. The summed E-state index contributed by atoms with van der Waals surface area (Å²) in [5.74, 6) is -0.407. The van der Waals surface area contributed by atoms with Gasteiger partial charge in [0.15, 0.2) is 0 Å². The summed E-state index contributed by atoms with van der Waals surface area (Å²) >= 11 is 0. The lowest BCUT2D eigenvalue weighted by Gasteiger charge is -2.12. The fourth-order valence-electron chi connectivity index (χ4n) is 2.23. The molecule has 8 heteroatoms. The highest BCUT2D eigenvalue weighted by Crippen LogP contribution is 2.21. The summed E-state index contributed by atoms with van der Waals surface area (Å²) in [6.45, 7) is 0. The van der Waals surface area contributed by atoms with Crippen molar-refractivity contribution in [2.45, 2.75) is 4.90 Å². The third-order valence-corrected chi connectivity index (χ3v) is 4.76. The number of rotatable bonds is 5. The number of sulfonamides is 1. The van der Waals surface area contributed by atoms with Gasteiger partial charge in [-0.05, 0) is 24.3 Å². The number of para-hydroxylation sites is 2. The Balaban J connectivity index is 1.87. The van der Waals surface area contributed by atoms with Crippen LogP contribution in [0.1, 0.15) is 10.4 Å². The number of anilines is 2. The first-order valence-corrected chi connectivity index (χ1v) is 8.91. The van der Waals surface area contributed by atoms with Crippen LogP contribution in [0.5, 0.6) is 0 Å². The van der Waals surface area contributed by atoms with E-state index in [0.717, 1.165) is 0 Å². The van der Waals surface area contributed by atoms with Gasteiger partial charge in [-0.2, -0.15) is 5.10 Å². The SMILES string of the molecule is Cn1cc(S(=O)(=O)Nc2ccccc2C(=O)Nc2ccccc2)cn1. The van der Waals surface area contributed by atoms with E-state index in [1.807, 2.05) is 6.07 Å². The van der Waals surface area contributed by atoms with Gasteiger partial charge in [-0.25, -0.2) is 8.42 Å². The molecule has 0 atom stereocenters. The second-order valence-corrected chi connectivity index (χ2v) is 7.00. The van der Waals surface area contributed by atoms with Gasteiger partial charge in [-0.15, -0.1) is 0 Å². The average Bonchev–Trinajstić information content (AvgIpc) is 3.03. The molecule has 0 aliphatic heterocycles. The maximum Gasteiger partial charge on any atom is 0.265 e. The molecule has 0 aliphatic rings.